The van der Waals surface area contributed by atoms with Crippen LogP contribution in [0.4, 0.5) is 19.6 Å². The van der Waals surface area contributed by atoms with Crippen molar-refractivity contribution in [3.05, 3.63) is 65.9 Å². The highest BCUT2D eigenvalue weighted by Gasteiger charge is 2.13. The highest BCUT2D eigenvalue weighted by Crippen LogP contribution is 2.35. The van der Waals surface area contributed by atoms with Crippen LogP contribution in [0.2, 0.25) is 0 Å². The molecule has 30 heavy (non-hydrogen) atoms. The number of halogens is 2. The number of aromatic nitrogens is 1. The van der Waals surface area contributed by atoms with Gasteiger partial charge in [-0.3, -0.25) is 9.59 Å². The number of hydrogen-bond acceptors (Lipinski definition) is 7. The molecule has 3 aromatic rings. The first-order valence-electron chi connectivity index (χ1n) is 8.40. The van der Waals surface area contributed by atoms with Crippen LogP contribution in [-0.4, -0.2) is 38.9 Å². The molecule has 0 aliphatic carbocycles. The van der Waals surface area contributed by atoms with Gasteiger partial charge in [0.2, 0.25) is 11.5 Å². The molecule has 2 N–H and O–H groups in total. The first-order valence-corrected chi connectivity index (χ1v) is 9.22. The van der Waals surface area contributed by atoms with Gasteiger partial charge in [0.25, 0.3) is 0 Å². The minimum absolute atomic E-state index is 0.0816. The summed E-state index contributed by atoms with van der Waals surface area (Å²) in [5.41, 5.74) is 0.576. The van der Waals surface area contributed by atoms with Crippen molar-refractivity contribution in [2.24, 2.45) is 0 Å². The summed E-state index contributed by atoms with van der Waals surface area (Å²) >= 11 is 1.06. The average molecular weight is 437 g/mol. The second-order valence-corrected chi connectivity index (χ2v) is 6.28. The summed E-state index contributed by atoms with van der Waals surface area (Å²) in [7, 11) is 4.81. The van der Waals surface area contributed by atoms with Gasteiger partial charge in [-0.25, -0.2) is 13.8 Å². The minimum Gasteiger partial charge on any atom is -0.444 e. The maximum Gasteiger partial charge on any atom is 0.213 e. The lowest BCUT2D eigenvalue weighted by atomic mass is 10.3. The number of thiazole rings is 1. The van der Waals surface area contributed by atoms with Crippen LogP contribution in [0, 0.1) is 11.6 Å². The van der Waals surface area contributed by atoms with Gasteiger partial charge >= 0.3 is 0 Å². The zero-order chi connectivity index (χ0) is 22.4. The fraction of sp³-hybridized carbons (Fsp3) is 0.150. The SMILES string of the molecule is CNC=O.COC.O=Cc1nc(Nc2cccc(F)c2)sc1Oc1cccc(F)c1. The fourth-order valence-electron chi connectivity index (χ4n) is 1.85. The maximum absolute atomic E-state index is 13.2. The van der Waals surface area contributed by atoms with E-state index in [1.165, 1.54) is 30.3 Å². The molecule has 1 aromatic heterocycles. The number of hydrogen-bond donors (Lipinski definition) is 2. The highest BCUT2D eigenvalue weighted by molar-refractivity contribution is 7.17. The van der Waals surface area contributed by atoms with E-state index in [2.05, 4.69) is 20.4 Å². The Morgan fingerprint density at radius 1 is 1.03 bits per heavy atom. The molecule has 0 radical (unpaired) electrons. The van der Waals surface area contributed by atoms with Crippen LogP contribution in [0.25, 0.3) is 0 Å². The third kappa shape index (κ3) is 8.76. The second-order valence-electron chi connectivity index (χ2n) is 5.32. The minimum atomic E-state index is -0.447. The standard InChI is InChI=1S/C16H10F2N2O2S.C2H5NO.C2H6O/c17-10-3-1-5-12(7-10)19-16-20-14(9-21)15(23-16)22-13-6-2-4-11(18)8-13;1-3-2-4;1-3-2/h1-9H,(H,19,20);2H,1H3,(H,3,4);1-2H3. The molecule has 0 aliphatic heterocycles. The largest absolute Gasteiger partial charge is 0.444 e. The molecule has 10 heteroatoms. The molecular formula is C20H21F2N3O4S. The van der Waals surface area contributed by atoms with Crippen molar-refractivity contribution < 1.29 is 27.8 Å². The van der Waals surface area contributed by atoms with Gasteiger partial charge in [-0.2, -0.15) is 0 Å². The Kier molecular flexibility index (Phi) is 11.3. The van der Waals surface area contributed by atoms with E-state index in [4.69, 9.17) is 9.53 Å². The van der Waals surface area contributed by atoms with Crippen molar-refractivity contribution >= 4 is 34.9 Å². The van der Waals surface area contributed by atoms with Crippen molar-refractivity contribution in [3.8, 4) is 10.8 Å². The lowest BCUT2D eigenvalue weighted by molar-refractivity contribution is -0.109. The third-order valence-corrected chi connectivity index (χ3v) is 3.80. The lowest BCUT2D eigenvalue weighted by Gasteiger charge is -2.03. The number of carbonyl (C=O) groups is 2. The van der Waals surface area contributed by atoms with E-state index in [0.29, 0.717) is 23.5 Å². The van der Waals surface area contributed by atoms with Crippen LogP contribution in [-0.2, 0) is 9.53 Å². The summed E-state index contributed by atoms with van der Waals surface area (Å²) in [6.07, 6.45) is 1.17. The zero-order valence-corrected chi connectivity index (χ0v) is 17.3. The van der Waals surface area contributed by atoms with Gasteiger partial charge in [0.05, 0.1) is 0 Å². The van der Waals surface area contributed by atoms with Crippen LogP contribution >= 0.6 is 11.3 Å². The van der Waals surface area contributed by atoms with E-state index in [1.807, 2.05) is 0 Å². The Morgan fingerprint density at radius 3 is 2.17 bits per heavy atom. The number of benzene rings is 2. The molecule has 0 atom stereocenters. The van der Waals surface area contributed by atoms with Crippen molar-refractivity contribution in [2.75, 3.05) is 26.6 Å². The number of nitrogens with zero attached hydrogens (tertiary/aromatic N) is 1. The third-order valence-electron chi connectivity index (χ3n) is 2.93. The van der Waals surface area contributed by atoms with E-state index in [-0.39, 0.29) is 16.5 Å². The predicted molar refractivity (Wildman–Crippen MR) is 112 cm³/mol. The number of aldehydes is 1. The van der Waals surface area contributed by atoms with Crippen molar-refractivity contribution in [2.45, 2.75) is 0 Å². The number of anilines is 2. The van der Waals surface area contributed by atoms with E-state index in [1.54, 1.807) is 39.5 Å². The van der Waals surface area contributed by atoms with Gasteiger partial charge in [-0.1, -0.05) is 23.5 Å². The molecule has 1 heterocycles. The lowest BCUT2D eigenvalue weighted by Crippen LogP contribution is -1.98. The normalized spacial score (nSPS) is 9.23. The van der Waals surface area contributed by atoms with Gasteiger partial charge in [0.15, 0.2) is 17.1 Å². The Hall–Kier alpha value is -3.37. The van der Waals surface area contributed by atoms with Crippen LogP contribution in [0.1, 0.15) is 10.5 Å². The van der Waals surface area contributed by atoms with Crippen LogP contribution in [0.3, 0.4) is 0 Å². The van der Waals surface area contributed by atoms with E-state index in [0.717, 1.165) is 11.3 Å². The first-order chi connectivity index (χ1) is 14.5. The molecule has 0 bridgehead atoms. The quantitative estimate of drug-likeness (QED) is 0.556. The maximum atomic E-state index is 13.2. The summed E-state index contributed by atoms with van der Waals surface area (Å²) in [5.74, 6) is -0.578. The molecule has 7 nitrogen and oxygen atoms in total. The second kappa shape index (κ2) is 13.7. The summed E-state index contributed by atoms with van der Waals surface area (Å²) in [5, 5.41) is 5.73. The summed E-state index contributed by atoms with van der Waals surface area (Å²) < 4.78 is 36.1. The van der Waals surface area contributed by atoms with E-state index >= 15 is 0 Å². The molecule has 160 valence electrons. The summed E-state index contributed by atoms with van der Waals surface area (Å²) in [6.45, 7) is 0. The number of methoxy groups -OCH3 is 1. The Labute approximate surface area is 176 Å². The first kappa shape index (κ1) is 24.7. The van der Waals surface area contributed by atoms with Crippen molar-refractivity contribution in [1.82, 2.24) is 10.3 Å². The molecule has 0 unspecified atom stereocenters. The Bertz CT molecular complexity index is 938. The molecule has 0 saturated carbocycles. The Morgan fingerprint density at radius 2 is 1.63 bits per heavy atom. The monoisotopic (exact) mass is 437 g/mol. The number of ether oxygens (including phenoxy) is 2. The molecular weight excluding hydrogens is 416 g/mol. The predicted octanol–water partition coefficient (Wildman–Crippen LogP) is 4.39. The van der Waals surface area contributed by atoms with Gasteiger partial charge in [0, 0.05) is 33.0 Å². The van der Waals surface area contributed by atoms with Crippen molar-refractivity contribution in [1.29, 1.82) is 0 Å². The van der Waals surface area contributed by atoms with Gasteiger partial charge < -0.3 is 20.1 Å². The van der Waals surface area contributed by atoms with Crippen molar-refractivity contribution in [3.63, 3.8) is 0 Å². The average Bonchev–Trinajstić information content (AvgIpc) is 3.10. The van der Waals surface area contributed by atoms with Crippen LogP contribution in [0.5, 0.6) is 10.8 Å². The summed E-state index contributed by atoms with van der Waals surface area (Å²) in [4.78, 5) is 24.2. The molecule has 0 spiro atoms. The molecule has 0 fully saturated rings. The zero-order valence-electron chi connectivity index (χ0n) is 16.5. The number of nitrogens with one attached hydrogen (secondary N) is 2. The van der Waals surface area contributed by atoms with Gasteiger partial charge in [-0.05, 0) is 30.3 Å². The fourth-order valence-corrected chi connectivity index (χ4v) is 2.67. The van der Waals surface area contributed by atoms with Crippen LogP contribution < -0.4 is 15.4 Å². The molecule has 3 rings (SSSR count). The number of carbonyl (C=O) groups excluding carboxylic acids is 2. The topological polar surface area (TPSA) is 89.5 Å². The van der Waals surface area contributed by atoms with Crippen LogP contribution in [0.15, 0.2) is 48.5 Å². The van der Waals surface area contributed by atoms with E-state index < -0.39 is 11.6 Å². The van der Waals surface area contributed by atoms with E-state index in [9.17, 15) is 13.6 Å². The van der Waals surface area contributed by atoms with Gasteiger partial charge in [-0.15, -0.1) is 0 Å². The molecule has 0 aliphatic rings. The Balaban J connectivity index is 0.000000564. The number of rotatable bonds is 6. The summed E-state index contributed by atoms with van der Waals surface area (Å²) in [6, 6.07) is 11.4. The smallest absolute Gasteiger partial charge is 0.213 e. The molecule has 2 aromatic carbocycles. The molecule has 1 amide bonds. The number of amides is 1. The van der Waals surface area contributed by atoms with Gasteiger partial charge in [0.1, 0.15) is 17.4 Å². The molecule has 0 saturated heterocycles. The highest BCUT2D eigenvalue weighted by atomic mass is 32.1.